The van der Waals surface area contributed by atoms with Gasteiger partial charge in [-0.25, -0.2) is 4.98 Å². The summed E-state index contributed by atoms with van der Waals surface area (Å²) in [6, 6.07) is 11.5. The first-order chi connectivity index (χ1) is 8.29. The van der Waals surface area contributed by atoms with Gasteiger partial charge in [0.15, 0.2) is 0 Å². The first kappa shape index (κ1) is 11.7. The summed E-state index contributed by atoms with van der Waals surface area (Å²) in [5.41, 5.74) is 2.10. The lowest BCUT2D eigenvalue weighted by atomic mass is 9.98. The van der Waals surface area contributed by atoms with Crippen LogP contribution in [-0.4, -0.2) is 24.5 Å². The lowest BCUT2D eigenvalue weighted by Gasteiger charge is -2.07. The van der Waals surface area contributed by atoms with E-state index in [9.17, 15) is 0 Å². The third kappa shape index (κ3) is 3.08. The van der Waals surface area contributed by atoms with Gasteiger partial charge in [0.25, 0.3) is 0 Å². The minimum absolute atomic E-state index is 0.166. The smallest absolute Gasteiger partial charge is 0.212 e. The van der Waals surface area contributed by atoms with E-state index in [1.54, 1.807) is 6.20 Å². The highest BCUT2D eigenvalue weighted by molar-refractivity contribution is 6.33. The maximum absolute atomic E-state index is 8.82. The number of pyridine rings is 1. The SMILES string of the molecule is Bc1cccnc1Oc1ccc(CCO)cc1. The van der Waals surface area contributed by atoms with Gasteiger partial charge < -0.3 is 9.84 Å². The lowest BCUT2D eigenvalue weighted by molar-refractivity contribution is 0.299. The van der Waals surface area contributed by atoms with Crippen LogP contribution in [0.2, 0.25) is 0 Å². The molecule has 0 unspecified atom stereocenters. The van der Waals surface area contributed by atoms with Crippen LogP contribution in [0, 0.1) is 0 Å². The highest BCUT2D eigenvalue weighted by Crippen LogP contribution is 2.18. The van der Waals surface area contributed by atoms with Crippen molar-refractivity contribution in [3.8, 4) is 11.6 Å². The number of nitrogens with zero attached hydrogens (tertiary/aromatic N) is 1. The van der Waals surface area contributed by atoms with Crippen LogP contribution in [0.25, 0.3) is 0 Å². The minimum Gasteiger partial charge on any atom is -0.440 e. The second kappa shape index (κ2) is 5.50. The summed E-state index contributed by atoms with van der Waals surface area (Å²) in [6.45, 7) is 0.166. The van der Waals surface area contributed by atoms with Crippen molar-refractivity contribution in [3.63, 3.8) is 0 Å². The molecule has 0 bridgehead atoms. The van der Waals surface area contributed by atoms with E-state index in [4.69, 9.17) is 9.84 Å². The van der Waals surface area contributed by atoms with Gasteiger partial charge >= 0.3 is 0 Å². The zero-order chi connectivity index (χ0) is 12.1. The standard InChI is InChI=1S/C13H14BNO2/c14-12-2-1-8-15-13(12)17-11-5-3-10(4-6-11)7-9-16/h1-6,8,16H,7,9,14H2. The number of hydrogen-bond acceptors (Lipinski definition) is 3. The summed E-state index contributed by atoms with van der Waals surface area (Å²) in [5.74, 6) is 1.39. The Morgan fingerprint density at radius 2 is 1.94 bits per heavy atom. The molecule has 0 atom stereocenters. The average molecular weight is 227 g/mol. The molecule has 0 saturated heterocycles. The Balaban J connectivity index is 2.11. The Hall–Kier alpha value is -1.81. The summed E-state index contributed by atoms with van der Waals surface area (Å²) in [5, 5.41) is 8.82. The average Bonchev–Trinajstić information content (AvgIpc) is 2.35. The quantitative estimate of drug-likeness (QED) is 0.780. The van der Waals surface area contributed by atoms with Crippen molar-refractivity contribution >= 4 is 13.3 Å². The molecular formula is C13H14BNO2. The van der Waals surface area contributed by atoms with Crippen molar-refractivity contribution < 1.29 is 9.84 Å². The fourth-order valence-electron chi connectivity index (χ4n) is 1.54. The van der Waals surface area contributed by atoms with Gasteiger partial charge in [-0.05, 0) is 35.6 Å². The summed E-state index contributed by atoms with van der Waals surface area (Å²) in [6.07, 6.45) is 2.38. The van der Waals surface area contributed by atoms with Crippen LogP contribution in [0.4, 0.5) is 0 Å². The summed E-state index contributed by atoms with van der Waals surface area (Å²) in [4.78, 5) is 4.17. The van der Waals surface area contributed by atoms with Crippen molar-refractivity contribution in [1.82, 2.24) is 4.98 Å². The van der Waals surface area contributed by atoms with Gasteiger partial charge in [-0.1, -0.05) is 18.2 Å². The van der Waals surface area contributed by atoms with Crippen LogP contribution in [0.5, 0.6) is 11.6 Å². The van der Waals surface area contributed by atoms with Gasteiger partial charge in [0, 0.05) is 12.8 Å². The maximum Gasteiger partial charge on any atom is 0.212 e. The molecular weight excluding hydrogens is 213 g/mol. The van der Waals surface area contributed by atoms with Gasteiger partial charge in [0.1, 0.15) is 13.6 Å². The molecule has 1 aromatic carbocycles. The monoisotopic (exact) mass is 227 g/mol. The molecule has 0 amide bonds. The van der Waals surface area contributed by atoms with Crippen LogP contribution in [0.15, 0.2) is 42.6 Å². The predicted octanol–water partition coefficient (Wildman–Crippen LogP) is 0.667. The first-order valence-corrected chi connectivity index (χ1v) is 5.59. The Kier molecular flexibility index (Phi) is 3.78. The van der Waals surface area contributed by atoms with Crippen molar-refractivity contribution in [2.45, 2.75) is 6.42 Å². The zero-order valence-electron chi connectivity index (χ0n) is 9.76. The van der Waals surface area contributed by atoms with Crippen LogP contribution in [0.1, 0.15) is 5.56 Å². The Morgan fingerprint density at radius 1 is 1.18 bits per heavy atom. The van der Waals surface area contributed by atoms with Gasteiger partial charge in [0.05, 0.1) is 0 Å². The fourth-order valence-corrected chi connectivity index (χ4v) is 1.54. The predicted molar refractivity (Wildman–Crippen MR) is 69.7 cm³/mol. The summed E-state index contributed by atoms with van der Waals surface area (Å²) >= 11 is 0. The van der Waals surface area contributed by atoms with Gasteiger partial charge in [0.2, 0.25) is 5.88 Å². The molecule has 2 aromatic rings. The van der Waals surface area contributed by atoms with E-state index in [2.05, 4.69) is 4.98 Å². The van der Waals surface area contributed by atoms with Crippen molar-refractivity contribution in [3.05, 3.63) is 48.2 Å². The molecule has 86 valence electrons. The van der Waals surface area contributed by atoms with Gasteiger partial charge in [-0.3, -0.25) is 0 Å². The molecule has 1 aromatic heterocycles. The molecule has 1 N–H and O–H groups in total. The van der Waals surface area contributed by atoms with Crippen LogP contribution in [0.3, 0.4) is 0 Å². The Morgan fingerprint density at radius 3 is 2.59 bits per heavy atom. The molecule has 0 aliphatic heterocycles. The molecule has 0 aliphatic rings. The molecule has 1 heterocycles. The number of ether oxygens (including phenoxy) is 1. The highest BCUT2D eigenvalue weighted by atomic mass is 16.5. The normalized spacial score (nSPS) is 10.2. The number of aliphatic hydroxyl groups excluding tert-OH is 1. The van der Waals surface area contributed by atoms with E-state index in [1.165, 1.54) is 0 Å². The maximum atomic E-state index is 8.82. The van der Waals surface area contributed by atoms with Crippen molar-refractivity contribution in [2.24, 2.45) is 0 Å². The fraction of sp³-hybridized carbons (Fsp3) is 0.154. The third-order valence-corrected chi connectivity index (χ3v) is 2.50. The van der Waals surface area contributed by atoms with E-state index in [-0.39, 0.29) is 6.61 Å². The highest BCUT2D eigenvalue weighted by Gasteiger charge is 2.01. The molecule has 2 rings (SSSR count). The van der Waals surface area contributed by atoms with Crippen molar-refractivity contribution in [1.29, 1.82) is 0 Å². The molecule has 0 aliphatic carbocycles. The summed E-state index contributed by atoms with van der Waals surface area (Å²) < 4.78 is 5.67. The number of benzene rings is 1. The lowest BCUT2D eigenvalue weighted by Crippen LogP contribution is -2.07. The van der Waals surface area contributed by atoms with E-state index in [1.807, 2.05) is 44.2 Å². The molecule has 4 heteroatoms. The number of hydrogen-bond donors (Lipinski definition) is 1. The number of rotatable bonds is 4. The van der Waals surface area contributed by atoms with Crippen LogP contribution >= 0.6 is 0 Å². The molecule has 0 fully saturated rings. The Bertz CT molecular complexity index is 485. The van der Waals surface area contributed by atoms with E-state index in [0.29, 0.717) is 12.3 Å². The van der Waals surface area contributed by atoms with E-state index >= 15 is 0 Å². The van der Waals surface area contributed by atoms with Crippen LogP contribution in [-0.2, 0) is 6.42 Å². The van der Waals surface area contributed by atoms with Crippen LogP contribution < -0.4 is 10.2 Å². The molecule has 17 heavy (non-hydrogen) atoms. The van der Waals surface area contributed by atoms with Gasteiger partial charge in [-0.2, -0.15) is 0 Å². The number of aromatic nitrogens is 1. The topological polar surface area (TPSA) is 42.4 Å². The van der Waals surface area contributed by atoms with Gasteiger partial charge in [-0.15, -0.1) is 0 Å². The second-order valence-corrected chi connectivity index (χ2v) is 3.85. The van der Waals surface area contributed by atoms with Crippen molar-refractivity contribution in [2.75, 3.05) is 6.61 Å². The summed E-state index contributed by atoms with van der Waals surface area (Å²) in [7, 11) is 1.96. The molecule has 3 nitrogen and oxygen atoms in total. The van der Waals surface area contributed by atoms with E-state index in [0.717, 1.165) is 16.8 Å². The zero-order valence-corrected chi connectivity index (χ0v) is 9.76. The number of aliphatic hydroxyl groups is 1. The molecule has 0 saturated carbocycles. The largest absolute Gasteiger partial charge is 0.440 e. The first-order valence-electron chi connectivity index (χ1n) is 5.59. The molecule has 0 radical (unpaired) electrons. The minimum atomic E-state index is 0.166. The Labute approximate surface area is 101 Å². The third-order valence-electron chi connectivity index (χ3n) is 2.50. The van der Waals surface area contributed by atoms with E-state index < -0.39 is 0 Å². The second-order valence-electron chi connectivity index (χ2n) is 3.85. The molecule has 0 spiro atoms.